The lowest BCUT2D eigenvalue weighted by Crippen LogP contribution is -2.34. The van der Waals surface area contributed by atoms with Gasteiger partial charge in [-0.25, -0.2) is 13.1 Å². The van der Waals surface area contributed by atoms with Crippen molar-refractivity contribution in [3.05, 3.63) is 53.6 Å². The Balaban J connectivity index is 1.30. The highest BCUT2D eigenvalue weighted by atomic mass is 32.2. The topological polar surface area (TPSA) is 95.6 Å². The van der Waals surface area contributed by atoms with Crippen molar-refractivity contribution in [3.8, 4) is 0 Å². The van der Waals surface area contributed by atoms with E-state index in [0.717, 1.165) is 54.6 Å². The molecule has 1 aliphatic heterocycles. The number of hydrogen-bond donors (Lipinski definition) is 2. The minimum atomic E-state index is -3.65. The van der Waals surface area contributed by atoms with Crippen molar-refractivity contribution in [2.45, 2.75) is 70.2 Å². The van der Waals surface area contributed by atoms with Gasteiger partial charge in [-0.15, -0.1) is 0 Å². The molecule has 2 aromatic rings. The zero-order valence-corrected chi connectivity index (χ0v) is 21.5. The molecule has 1 aliphatic carbocycles. The van der Waals surface area contributed by atoms with E-state index in [9.17, 15) is 18.0 Å². The molecule has 2 aromatic carbocycles. The highest BCUT2D eigenvalue weighted by molar-refractivity contribution is 7.89. The maximum Gasteiger partial charge on any atom is 0.240 e. The zero-order valence-electron chi connectivity index (χ0n) is 20.7. The summed E-state index contributed by atoms with van der Waals surface area (Å²) in [5.41, 5.74) is 3.68. The van der Waals surface area contributed by atoms with E-state index in [-0.39, 0.29) is 34.6 Å². The number of amides is 2. The summed E-state index contributed by atoms with van der Waals surface area (Å²) in [4.78, 5) is 26.7. The molecule has 0 aromatic heterocycles. The van der Waals surface area contributed by atoms with E-state index < -0.39 is 10.0 Å². The van der Waals surface area contributed by atoms with Crippen LogP contribution in [0, 0.1) is 11.8 Å². The Labute approximate surface area is 208 Å². The van der Waals surface area contributed by atoms with E-state index >= 15 is 0 Å². The molecule has 0 saturated heterocycles. The molecule has 0 spiro atoms. The molecule has 0 bridgehead atoms. The largest absolute Gasteiger partial charge is 0.326 e. The molecule has 0 unspecified atom stereocenters. The molecule has 2 amide bonds. The van der Waals surface area contributed by atoms with Gasteiger partial charge < -0.3 is 10.2 Å². The minimum absolute atomic E-state index is 0.0243. The average Bonchev–Trinajstić information content (AvgIpc) is 3.18. The second-order valence-corrected chi connectivity index (χ2v) is 11.6. The van der Waals surface area contributed by atoms with Crippen LogP contribution in [0.4, 0.5) is 11.4 Å². The van der Waals surface area contributed by atoms with E-state index in [1.807, 2.05) is 31.2 Å². The first-order chi connectivity index (χ1) is 16.7. The molecular weight excluding hydrogens is 462 g/mol. The Hall–Kier alpha value is -2.71. The van der Waals surface area contributed by atoms with E-state index in [2.05, 4.69) is 17.0 Å². The molecular formula is C27H35N3O4S. The van der Waals surface area contributed by atoms with Crippen molar-refractivity contribution in [1.29, 1.82) is 0 Å². The molecule has 1 fully saturated rings. The number of anilines is 2. The Morgan fingerprint density at radius 3 is 2.46 bits per heavy atom. The van der Waals surface area contributed by atoms with Gasteiger partial charge in [-0.2, -0.15) is 0 Å². The molecule has 1 atom stereocenters. The van der Waals surface area contributed by atoms with Crippen LogP contribution in [0.15, 0.2) is 47.4 Å². The fourth-order valence-electron chi connectivity index (χ4n) is 5.38. The van der Waals surface area contributed by atoms with Crippen LogP contribution >= 0.6 is 0 Å². The molecule has 1 saturated carbocycles. The summed E-state index contributed by atoms with van der Waals surface area (Å²) in [7, 11) is -3.65. The van der Waals surface area contributed by atoms with Gasteiger partial charge in [0.05, 0.1) is 4.90 Å². The summed E-state index contributed by atoms with van der Waals surface area (Å²) >= 11 is 0. The number of aryl methyl sites for hydroxylation is 1. The average molecular weight is 498 g/mol. The van der Waals surface area contributed by atoms with Crippen LogP contribution in [0.1, 0.15) is 57.6 Å². The molecule has 188 valence electrons. The van der Waals surface area contributed by atoms with Gasteiger partial charge in [0.25, 0.3) is 0 Å². The lowest BCUT2D eigenvalue weighted by atomic mass is 9.81. The number of carbonyl (C=O) groups excluding carboxylic acids is 2. The van der Waals surface area contributed by atoms with Crippen LogP contribution in [0.2, 0.25) is 0 Å². The van der Waals surface area contributed by atoms with Crippen LogP contribution < -0.4 is 14.9 Å². The van der Waals surface area contributed by atoms with Crippen molar-refractivity contribution in [1.82, 2.24) is 4.72 Å². The number of fused-ring (bicyclic) bond motifs is 1. The standard InChI is InChI=1S/C27H35N3O4S/c1-4-21-7-5-6-8-25(21)29-27(32)22-11-9-20(10-12-22)17-28-35(33,34)24-13-14-26-23(16-24)15-18(2)30(26)19(3)31/h5-8,13-14,16,18,20,22,28H,4,9-12,15,17H2,1-3H3,(H,29,32)/t18-,20?,22?/m0/s1. The fourth-order valence-corrected chi connectivity index (χ4v) is 6.55. The van der Waals surface area contributed by atoms with Gasteiger partial charge in [-0.3, -0.25) is 9.59 Å². The SMILES string of the molecule is CCc1ccccc1NC(=O)C1CCC(CNS(=O)(=O)c2ccc3c(c2)C[C@H](C)N3C(C)=O)CC1. The quantitative estimate of drug-likeness (QED) is 0.597. The molecule has 7 nitrogen and oxygen atoms in total. The third-order valence-corrected chi connectivity index (χ3v) is 8.77. The van der Waals surface area contributed by atoms with Crippen LogP contribution in [0.5, 0.6) is 0 Å². The molecule has 35 heavy (non-hydrogen) atoms. The van der Waals surface area contributed by atoms with Crippen molar-refractivity contribution >= 4 is 33.2 Å². The number of sulfonamides is 1. The molecule has 4 rings (SSSR count). The van der Waals surface area contributed by atoms with Crippen molar-refractivity contribution < 1.29 is 18.0 Å². The van der Waals surface area contributed by atoms with Crippen LogP contribution in [0.3, 0.4) is 0 Å². The predicted molar refractivity (Wildman–Crippen MR) is 138 cm³/mol. The van der Waals surface area contributed by atoms with Gasteiger partial charge in [-0.05, 0) is 86.8 Å². The zero-order chi connectivity index (χ0) is 25.2. The number of nitrogens with zero attached hydrogens (tertiary/aromatic N) is 1. The van der Waals surface area contributed by atoms with E-state index in [4.69, 9.17) is 0 Å². The fraction of sp³-hybridized carbons (Fsp3) is 0.481. The molecule has 1 heterocycles. The number of benzene rings is 2. The molecule has 2 N–H and O–H groups in total. The van der Waals surface area contributed by atoms with Gasteiger partial charge in [0.15, 0.2) is 0 Å². The van der Waals surface area contributed by atoms with Gasteiger partial charge >= 0.3 is 0 Å². The van der Waals surface area contributed by atoms with Crippen LogP contribution in [-0.4, -0.2) is 32.8 Å². The number of hydrogen-bond acceptors (Lipinski definition) is 4. The molecule has 0 radical (unpaired) electrons. The first-order valence-electron chi connectivity index (χ1n) is 12.5. The lowest BCUT2D eigenvalue weighted by molar-refractivity contribution is -0.121. The predicted octanol–water partition coefficient (Wildman–Crippen LogP) is 4.27. The number of carbonyl (C=O) groups is 2. The van der Waals surface area contributed by atoms with Crippen molar-refractivity contribution in [2.75, 3.05) is 16.8 Å². The van der Waals surface area contributed by atoms with Crippen molar-refractivity contribution in [2.24, 2.45) is 11.8 Å². The van der Waals surface area contributed by atoms with Gasteiger partial charge in [0, 0.05) is 36.8 Å². The monoisotopic (exact) mass is 497 g/mol. The first-order valence-corrected chi connectivity index (χ1v) is 14.0. The molecule has 2 aliphatic rings. The summed E-state index contributed by atoms with van der Waals surface area (Å²) in [6.07, 6.45) is 4.64. The van der Waals surface area contributed by atoms with Gasteiger partial charge in [-0.1, -0.05) is 25.1 Å². The van der Waals surface area contributed by atoms with Gasteiger partial charge in [0.2, 0.25) is 21.8 Å². The lowest BCUT2D eigenvalue weighted by Gasteiger charge is -2.28. The Bertz CT molecular complexity index is 1200. The van der Waals surface area contributed by atoms with Crippen molar-refractivity contribution in [3.63, 3.8) is 0 Å². The smallest absolute Gasteiger partial charge is 0.240 e. The van der Waals surface area contributed by atoms with Crippen LogP contribution in [0.25, 0.3) is 0 Å². The normalized spacial score (nSPS) is 22.0. The maximum absolute atomic E-state index is 13.0. The Morgan fingerprint density at radius 2 is 1.77 bits per heavy atom. The summed E-state index contributed by atoms with van der Waals surface area (Å²) < 4.78 is 28.7. The second-order valence-electron chi connectivity index (χ2n) is 9.80. The second kappa shape index (κ2) is 10.5. The number of nitrogens with one attached hydrogen (secondary N) is 2. The third kappa shape index (κ3) is 5.59. The highest BCUT2D eigenvalue weighted by Crippen LogP contribution is 2.34. The van der Waals surface area contributed by atoms with E-state index in [0.29, 0.717) is 13.0 Å². The van der Waals surface area contributed by atoms with Crippen LogP contribution in [-0.2, 0) is 32.5 Å². The number of para-hydroxylation sites is 1. The summed E-state index contributed by atoms with van der Waals surface area (Å²) in [6.45, 7) is 5.93. The van der Waals surface area contributed by atoms with E-state index in [1.165, 1.54) is 6.92 Å². The summed E-state index contributed by atoms with van der Waals surface area (Å²) in [6, 6.07) is 12.9. The third-order valence-electron chi connectivity index (χ3n) is 7.35. The Kier molecular flexibility index (Phi) is 7.62. The minimum Gasteiger partial charge on any atom is -0.326 e. The summed E-state index contributed by atoms with van der Waals surface area (Å²) in [5, 5.41) is 3.08. The highest BCUT2D eigenvalue weighted by Gasteiger charge is 2.31. The maximum atomic E-state index is 13.0. The summed E-state index contributed by atoms with van der Waals surface area (Å²) in [5.74, 6) is 0.177. The molecule has 8 heteroatoms. The van der Waals surface area contributed by atoms with E-state index in [1.54, 1.807) is 23.1 Å². The first kappa shape index (κ1) is 25.4. The number of rotatable bonds is 7. The Morgan fingerprint density at radius 1 is 1.06 bits per heavy atom. The van der Waals surface area contributed by atoms with Gasteiger partial charge in [0.1, 0.15) is 0 Å².